The van der Waals surface area contributed by atoms with Crippen molar-refractivity contribution in [2.45, 2.75) is 6.04 Å². The van der Waals surface area contributed by atoms with Crippen molar-refractivity contribution >= 4 is 32.8 Å². The van der Waals surface area contributed by atoms with E-state index in [0.717, 1.165) is 5.56 Å². The van der Waals surface area contributed by atoms with E-state index >= 15 is 0 Å². The van der Waals surface area contributed by atoms with Gasteiger partial charge in [0.1, 0.15) is 11.8 Å². The lowest BCUT2D eigenvalue weighted by molar-refractivity contribution is 0.276. The maximum absolute atomic E-state index is 9.57. The molecule has 0 aliphatic rings. The molecule has 1 unspecified atom stereocenters. The van der Waals surface area contributed by atoms with Crippen LogP contribution in [0, 0.1) is 0 Å². The number of nitrogens with zero attached hydrogens (tertiary/aromatic N) is 2. The summed E-state index contributed by atoms with van der Waals surface area (Å²) >= 11 is 3.28. The molecule has 0 saturated heterocycles. The minimum atomic E-state index is -0.252. The largest absolute Gasteiger partial charge is 0.444 e. The minimum Gasteiger partial charge on any atom is -0.444 e. The third-order valence-electron chi connectivity index (χ3n) is 2.98. The normalized spacial score (nSPS) is 12.5. The molecule has 102 valence electrons. The summed E-state index contributed by atoms with van der Waals surface area (Å²) in [7, 11) is 0. The van der Waals surface area contributed by atoms with Crippen LogP contribution in [0.2, 0.25) is 0 Å². The van der Waals surface area contributed by atoms with Gasteiger partial charge in [0.25, 0.3) is 0 Å². The minimum absolute atomic E-state index is 0.0443. The number of aliphatic hydroxyl groups is 1. The highest BCUT2D eigenvalue weighted by Gasteiger charge is 2.15. The van der Waals surface area contributed by atoms with Crippen molar-refractivity contribution in [3.05, 3.63) is 53.0 Å². The highest BCUT2D eigenvalue weighted by Crippen LogP contribution is 2.28. The zero-order chi connectivity index (χ0) is 13.9. The third kappa shape index (κ3) is 2.52. The Balaban J connectivity index is 1.95. The predicted molar refractivity (Wildman–Crippen MR) is 79.4 cm³/mol. The van der Waals surface area contributed by atoms with Crippen LogP contribution in [0.15, 0.2) is 51.8 Å². The molecule has 0 amide bonds. The van der Waals surface area contributed by atoms with Crippen LogP contribution in [-0.2, 0) is 0 Å². The van der Waals surface area contributed by atoms with Crippen molar-refractivity contribution in [3.63, 3.8) is 0 Å². The van der Waals surface area contributed by atoms with Gasteiger partial charge in [-0.15, -0.1) is 0 Å². The van der Waals surface area contributed by atoms with Crippen LogP contribution in [-0.4, -0.2) is 21.7 Å². The van der Waals surface area contributed by atoms with Gasteiger partial charge in [0.2, 0.25) is 0 Å². The highest BCUT2D eigenvalue weighted by molar-refractivity contribution is 9.10. The Bertz CT molecular complexity index is 715. The van der Waals surface area contributed by atoms with Gasteiger partial charge in [0.05, 0.1) is 12.6 Å². The first-order valence-electron chi connectivity index (χ1n) is 6.10. The van der Waals surface area contributed by atoms with E-state index in [-0.39, 0.29) is 12.6 Å². The third-order valence-corrected chi connectivity index (χ3v) is 3.37. The maximum Gasteiger partial charge on any atom is 0.196 e. The summed E-state index contributed by atoms with van der Waals surface area (Å²) in [6.07, 6.45) is 1.46. The lowest BCUT2D eigenvalue weighted by Gasteiger charge is -2.17. The summed E-state index contributed by atoms with van der Waals surface area (Å²) in [6, 6.07) is 11.2. The fourth-order valence-corrected chi connectivity index (χ4v) is 2.39. The van der Waals surface area contributed by atoms with Gasteiger partial charge in [-0.1, -0.05) is 30.3 Å². The molecule has 0 radical (unpaired) electrons. The van der Waals surface area contributed by atoms with E-state index < -0.39 is 0 Å². The summed E-state index contributed by atoms with van der Waals surface area (Å²) in [5.41, 5.74) is 2.25. The molecule has 2 heterocycles. The first kappa shape index (κ1) is 13.1. The fourth-order valence-electron chi connectivity index (χ4n) is 2.01. The average molecular weight is 334 g/mol. The number of aromatic nitrogens is 2. The molecule has 0 aliphatic carbocycles. The quantitative estimate of drug-likeness (QED) is 0.767. The molecule has 20 heavy (non-hydrogen) atoms. The second kappa shape index (κ2) is 5.60. The van der Waals surface area contributed by atoms with Crippen LogP contribution in [0.3, 0.4) is 0 Å². The van der Waals surface area contributed by atoms with E-state index in [1.807, 2.05) is 30.3 Å². The molecular weight excluding hydrogens is 322 g/mol. The monoisotopic (exact) mass is 333 g/mol. The van der Waals surface area contributed by atoms with Crippen molar-refractivity contribution in [1.82, 2.24) is 9.97 Å². The topological polar surface area (TPSA) is 71.2 Å². The number of furan rings is 1. The SMILES string of the molecule is OCC(Nc1ncnc2cc(Br)oc12)c1ccccc1. The smallest absolute Gasteiger partial charge is 0.196 e. The zero-order valence-electron chi connectivity index (χ0n) is 10.5. The summed E-state index contributed by atoms with van der Waals surface area (Å²) in [5, 5.41) is 12.8. The Morgan fingerprint density at radius 1 is 1.25 bits per heavy atom. The number of rotatable bonds is 4. The van der Waals surface area contributed by atoms with E-state index in [2.05, 4.69) is 31.2 Å². The van der Waals surface area contributed by atoms with E-state index in [0.29, 0.717) is 21.6 Å². The summed E-state index contributed by atoms with van der Waals surface area (Å²) in [4.78, 5) is 8.32. The maximum atomic E-state index is 9.57. The van der Waals surface area contributed by atoms with Gasteiger partial charge < -0.3 is 14.8 Å². The van der Waals surface area contributed by atoms with Gasteiger partial charge in [-0.3, -0.25) is 0 Å². The predicted octanol–water partition coefficient (Wildman–Crippen LogP) is 3.13. The zero-order valence-corrected chi connectivity index (χ0v) is 12.0. The van der Waals surface area contributed by atoms with E-state index in [4.69, 9.17) is 4.42 Å². The summed E-state index contributed by atoms with van der Waals surface area (Å²) in [5.74, 6) is 0.559. The molecule has 2 aromatic heterocycles. The highest BCUT2D eigenvalue weighted by atomic mass is 79.9. The molecule has 6 heteroatoms. The number of anilines is 1. The van der Waals surface area contributed by atoms with Crippen LogP contribution in [0.25, 0.3) is 11.1 Å². The van der Waals surface area contributed by atoms with E-state index in [1.54, 1.807) is 6.07 Å². The van der Waals surface area contributed by atoms with Crippen LogP contribution < -0.4 is 5.32 Å². The van der Waals surface area contributed by atoms with Crippen molar-refractivity contribution in [3.8, 4) is 0 Å². The molecule has 0 aliphatic heterocycles. The van der Waals surface area contributed by atoms with Gasteiger partial charge >= 0.3 is 0 Å². The number of halogens is 1. The molecule has 5 nitrogen and oxygen atoms in total. The Labute approximate surface area is 123 Å². The molecule has 0 fully saturated rings. The number of benzene rings is 1. The fraction of sp³-hybridized carbons (Fsp3) is 0.143. The van der Waals surface area contributed by atoms with Crippen molar-refractivity contribution in [1.29, 1.82) is 0 Å². The van der Waals surface area contributed by atoms with Crippen LogP contribution in [0.4, 0.5) is 5.82 Å². The lowest BCUT2D eigenvalue weighted by atomic mass is 10.1. The average Bonchev–Trinajstić information content (AvgIpc) is 2.86. The first-order chi connectivity index (χ1) is 9.78. The Kier molecular flexibility index (Phi) is 3.66. The number of hydrogen-bond donors (Lipinski definition) is 2. The first-order valence-corrected chi connectivity index (χ1v) is 6.89. The van der Waals surface area contributed by atoms with Crippen LogP contribution in [0.1, 0.15) is 11.6 Å². The van der Waals surface area contributed by atoms with Crippen LogP contribution in [0.5, 0.6) is 0 Å². The van der Waals surface area contributed by atoms with E-state index in [9.17, 15) is 5.11 Å². The Hall–Kier alpha value is -1.92. The summed E-state index contributed by atoms with van der Waals surface area (Å²) < 4.78 is 6.12. The van der Waals surface area contributed by atoms with Crippen molar-refractivity contribution < 1.29 is 9.52 Å². The number of fused-ring (bicyclic) bond motifs is 1. The Morgan fingerprint density at radius 2 is 2.05 bits per heavy atom. The molecular formula is C14H12BrN3O2. The molecule has 2 N–H and O–H groups in total. The number of nitrogens with one attached hydrogen (secondary N) is 1. The molecule has 0 spiro atoms. The van der Waals surface area contributed by atoms with Gasteiger partial charge in [-0.05, 0) is 21.5 Å². The van der Waals surface area contributed by atoms with Gasteiger partial charge in [0.15, 0.2) is 16.1 Å². The van der Waals surface area contributed by atoms with Crippen LogP contribution >= 0.6 is 15.9 Å². The van der Waals surface area contributed by atoms with Gasteiger partial charge in [0, 0.05) is 6.07 Å². The lowest BCUT2D eigenvalue weighted by Crippen LogP contribution is -2.15. The second-order valence-electron chi connectivity index (χ2n) is 4.28. The molecule has 1 atom stereocenters. The molecule has 3 rings (SSSR count). The standard InChI is InChI=1S/C14H12BrN3O2/c15-12-6-10-13(20-12)14(17-8-16-10)18-11(7-19)9-4-2-1-3-5-9/h1-6,8,11,19H,7H2,(H,16,17,18). The van der Waals surface area contributed by atoms with Gasteiger partial charge in [-0.25, -0.2) is 9.97 Å². The van der Waals surface area contributed by atoms with Gasteiger partial charge in [-0.2, -0.15) is 0 Å². The van der Waals surface area contributed by atoms with E-state index in [1.165, 1.54) is 6.33 Å². The molecule has 1 aromatic carbocycles. The Morgan fingerprint density at radius 3 is 2.80 bits per heavy atom. The summed E-state index contributed by atoms with van der Waals surface area (Å²) in [6.45, 7) is -0.0443. The molecule has 3 aromatic rings. The van der Waals surface area contributed by atoms with Crippen molar-refractivity contribution in [2.75, 3.05) is 11.9 Å². The molecule has 0 saturated carbocycles. The second-order valence-corrected chi connectivity index (χ2v) is 5.06. The molecule has 0 bridgehead atoms. The number of aliphatic hydroxyl groups excluding tert-OH is 1. The number of hydrogen-bond acceptors (Lipinski definition) is 5. The van der Waals surface area contributed by atoms with Crippen molar-refractivity contribution in [2.24, 2.45) is 0 Å².